The van der Waals surface area contributed by atoms with E-state index >= 15 is 0 Å². The lowest BCUT2D eigenvalue weighted by molar-refractivity contribution is 0.101. The van der Waals surface area contributed by atoms with Crippen LogP contribution in [0.15, 0.2) is 23.6 Å². The minimum absolute atomic E-state index is 0.159. The number of benzene rings is 1. The maximum absolute atomic E-state index is 12.4. The molecule has 1 aromatic carbocycles. The number of thiazole rings is 1. The van der Waals surface area contributed by atoms with E-state index < -0.39 is 0 Å². The van der Waals surface area contributed by atoms with Gasteiger partial charge in [-0.25, -0.2) is 4.98 Å². The second-order valence-electron chi connectivity index (χ2n) is 4.65. The fourth-order valence-corrected chi connectivity index (χ4v) is 2.78. The van der Waals surface area contributed by atoms with Crippen molar-refractivity contribution in [1.82, 2.24) is 4.98 Å². The van der Waals surface area contributed by atoms with E-state index in [1.54, 1.807) is 18.2 Å². The highest BCUT2D eigenvalue weighted by molar-refractivity contribution is 7.14. The highest BCUT2D eigenvalue weighted by Gasteiger charge is 2.21. The summed E-state index contributed by atoms with van der Waals surface area (Å²) in [5, 5.41) is 5.11. The van der Waals surface area contributed by atoms with E-state index in [1.165, 1.54) is 11.3 Å². The fourth-order valence-electron chi connectivity index (χ4n) is 1.97. The molecule has 7 heteroatoms. The average molecular weight is 305 g/mol. The van der Waals surface area contributed by atoms with E-state index in [0.29, 0.717) is 35.4 Å². The van der Waals surface area contributed by atoms with Crippen LogP contribution in [0.25, 0.3) is 0 Å². The van der Waals surface area contributed by atoms with Crippen LogP contribution < -0.4 is 20.5 Å². The smallest absolute Gasteiger partial charge is 0.261 e. The van der Waals surface area contributed by atoms with E-state index in [-0.39, 0.29) is 11.9 Å². The second-order valence-corrected chi connectivity index (χ2v) is 5.51. The monoisotopic (exact) mass is 305 g/mol. The van der Waals surface area contributed by atoms with Crippen molar-refractivity contribution >= 4 is 22.4 Å². The topological polar surface area (TPSA) is 86.5 Å². The number of fused-ring (bicyclic) bond motifs is 1. The molecule has 1 aromatic heterocycles. The first-order chi connectivity index (χ1) is 10.1. The highest BCUT2D eigenvalue weighted by Crippen LogP contribution is 2.34. The Hall–Kier alpha value is -2.12. The standard InChI is InChI=1S/C14H15N3O3S/c1-8(15)10-7-21-14(16-10)17-13(18)9-3-2-4-11-12(9)20-6-5-19-11/h2-4,7-8H,5-6,15H2,1H3,(H,16,17,18). The Morgan fingerprint density at radius 2 is 2.24 bits per heavy atom. The first kappa shape index (κ1) is 13.8. The fraction of sp³-hybridized carbons (Fsp3) is 0.286. The van der Waals surface area contributed by atoms with Crippen molar-refractivity contribution in [1.29, 1.82) is 0 Å². The average Bonchev–Trinajstić information content (AvgIpc) is 2.95. The number of amides is 1. The molecule has 1 aliphatic heterocycles. The lowest BCUT2D eigenvalue weighted by Gasteiger charge is -2.20. The Balaban J connectivity index is 1.82. The summed E-state index contributed by atoms with van der Waals surface area (Å²) in [6, 6.07) is 5.08. The van der Waals surface area contributed by atoms with Crippen LogP contribution in [0, 0.1) is 0 Å². The van der Waals surface area contributed by atoms with Crippen molar-refractivity contribution in [2.75, 3.05) is 18.5 Å². The van der Waals surface area contributed by atoms with Gasteiger partial charge in [-0.15, -0.1) is 11.3 Å². The number of para-hydroxylation sites is 1. The minimum Gasteiger partial charge on any atom is -0.486 e. The quantitative estimate of drug-likeness (QED) is 0.907. The Morgan fingerprint density at radius 3 is 3.00 bits per heavy atom. The molecule has 1 atom stereocenters. The summed E-state index contributed by atoms with van der Waals surface area (Å²) in [6.45, 7) is 2.77. The SMILES string of the molecule is CC(N)c1csc(NC(=O)c2cccc3c2OCCO3)n1. The van der Waals surface area contributed by atoms with Crippen LogP contribution in [0.5, 0.6) is 11.5 Å². The van der Waals surface area contributed by atoms with Crippen LogP contribution in [-0.4, -0.2) is 24.1 Å². The van der Waals surface area contributed by atoms with Crippen LogP contribution in [0.4, 0.5) is 5.13 Å². The zero-order chi connectivity index (χ0) is 14.8. The molecule has 2 heterocycles. The van der Waals surface area contributed by atoms with E-state index in [1.807, 2.05) is 12.3 Å². The number of hydrogen-bond donors (Lipinski definition) is 2. The Bertz CT molecular complexity index is 669. The van der Waals surface area contributed by atoms with Crippen LogP contribution in [0.2, 0.25) is 0 Å². The second kappa shape index (κ2) is 5.71. The summed E-state index contributed by atoms with van der Waals surface area (Å²) in [6.07, 6.45) is 0. The zero-order valence-corrected chi connectivity index (χ0v) is 12.3. The lowest BCUT2D eigenvalue weighted by Crippen LogP contribution is -2.20. The molecule has 6 nitrogen and oxygen atoms in total. The Morgan fingerprint density at radius 1 is 1.43 bits per heavy atom. The summed E-state index contributed by atoms with van der Waals surface area (Å²) in [5.41, 5.74) is 6.94. The van der Waals surface area contributed by atoms with Gasteiger partial charge in [0.15, 0.2) is 16.6 Å². The van der Waals surface area contributed by atoms with Crippen molar-refractivity contribution in [3.63, 3.8) is 0 Å². The van der Waals surface area contributed by atoms with Gasteiger partial charge < -0.3 is 15.2 Å². The number of rotatable bonds is 3. The molecule has 0 bridgehead atoms. The molecular formula is C14H15N3O3S. The van der Waals surface area contributed by atoms with Crippen molar-refractivity contribution in [3.8, 4) is 11.5 Å². The number of carbonyl (C=O) groups is 1. The van der Waals surface area contributed by atoms with Crippen molar-refractivity contribution < 1.29 is 14.3 Å². The summed E-state index contributed by atoms with van der Waals surface area (Å²) in [7, 11) is 0. The summed E-state index contributed by atoms with van der Waals surface area (Å²) in [5.74, 6) is 0.789. The van der Waals surface area contributed by atoms with Crippen LogP contribution in [0.1, 0.15) is 29.0 Å². The van der Waals surface area contributed by atoms with Crippen LogP contribution in [0.3, 0.4) is 0 Å². The van der Waals surface area contributed by atoms with Gasteiger partial charge in [0, 0.05) is 11.4 Å². The molecule has 0 aliphatic carbocycles. The molecular weight excluding hydrogens is 290 g/mol. The molecule has 0 spiro atoms. The van der Waals surface area contributed by atoms with Gasteiger partial charge in [0.05, 0.1) is 11.3 Å². The van der Waals surface area contributed by atoms with Gasteiger partial charge >= 0.3 is 0 Å². The first-order valence-electron chi connectivity index (χ1n) is 6.56. The summed E-state index contributed by atoms with van der Waals surface area (Å²) < 4.78 is 11.0. The molecule has 0 saturated carbocycles. The first-order valence-corrected chi connectivity index (χ1v) is 7.44. The Kier molecular flexibility index (Phi) is 3.76. The number of carbonyl (C=O) groups excluding carboxylic acids is 1. The van der Waals surface area contributed by atoms with E-state index in [4.69, 9.17) is 15.2 Å². The van der Waals surface area contributed by atoms with Gasteiger partial charge in [0.25, 0.3) is 5.91 Å². The third-order valence-electron chi connectivity index (χ3n) is 3.02. The third-order valence-corrected chi connectivity index (χ3v) is 3.80. The van der Waals surface area contributed by atoms with Gasteiger partial charge in [-0.3, -0.25) is 10.1 Å². The van der Waals surface area contributed by atoms with E-state index in [9.17, 15) is 4.79 Å². The molecule has 3 rings (SSSR count). The predicted molar refractivity (Wildman–Crippen MR) is 80.1 cm³/mol. The number of ether oxygens (including phenoxy) is 2. The van der Waals surface area contributed by atoms with Gasteiger partial charge in [-0.05, 0) is 19.1 Å². The lowest BCUT2D eigenvalue weighted by atomic mass is 10.1. The number of nitrogens with two attached hydrogens (primary N) is 1. The zero-order valence-electron chi connectivity index (χ0n) is 11.5. The van der Waals surface area contributed by atoms with Crippen molar-refractivity contribution in [2.45, 2.75) is 13.0 Å². The van der Waals surface area contributed by atoms with E-state index in [2.05, 4.69) is 10.3 Å². The maximum Gasteiger partial charge on any atom is 0.261 e. The molecule has 0 fully saturated rings. The molecule has 2 aromatic rings. The summed E-state index contributed by atoms with van der Waals surface area (Å²) in [4.78, 5) is 16.6. The molecule has 1 amide bonds. The minimum atomic E-state index is -0.275. The van der Waals surface area contributed by atoms with Gasteiger partial charge in [0.2, 0.25) is 0 Å². The molecule has 110 valence electrons. The van der Waals surface area contributed by atoms with Gasteiger partial charge in [0.1, 0.15) is 13.2 Å². The number of nitrogens with zero attached hydrogens (tertiary/aromatic N) is 1. The Labute approximate surface area is 125 Å². The van der Waals surface area contributed by atoms with E-state index in [0.717, 1.165) is 5.69 Å². The maximum atomic E-state index is 12.4. The van der Waals surface area contributed by atoms with Gasteiger partial charge in [-0.1, -0.05) is 6.07 Å². The molecule has 3 N–H and O–H groups in total. The highest BCUT2D eigenvalue weighted by atomic mass is 32.1. The molecule has 0 radical (unpaired) electrons. The molecule has 1 aliphatic rings. The van der Waals surface area contributed by atoms with Crippen LogP contribution in [-0.2, 0) is 0 Å². The van der Waals surface area contributed by atoms with Gasteiger partial charge in [-0.2, -0.15) is 0 Å². The van der Waals surface area contributed by atoms with Crippen molar-refractivity contribution in [2.24, 2.45) is 5.73 Å². The molecule has 1 unspecified atom stereocenters. The van der Waals surface area contributed by atoms with Crippen LogP contribution >= 0.6 is 11.3 Å². The largest absolute Gasteiger partial charge is 0.486 e. The van der Waals surface area contributed by atoms with Crippen molar-refractivity contribution in [3.05, 3.63) is 34.8 Å². The number of anilines is 1. The molecule has 0 saturated heterocycles. The molecule has 21 heavy (non-hydrogen) atoms. The number of aromatic nitrogens is 1. The number of nitrogens with one attached hydrogen (secondary N) is 1. The third kappa shape index (κ3) is 2.84. The number of hydrogen-bond acceptors (Lipinski definition) is 6. The normalized spacial score (nSPS) is 14.6. The predicted octanol–water partition coefficient (Wildman–Crippen LogP) is 2.19. The summed E-state index contributed by atoms with van der Waals surface area (Å²) >= 11 is 1.34.